The standard InChI is InChI=1S/C11H19NOS/c1-4-10(12-3)7-14-8-11-9(2)5-6-13-11/h5-6,10,12H,4,7-8H2,1-3H3. The minimum atomic E-state index is 0.621. The van der Waals surface area contributed by atoms with E-state index in [2.05, 4.69) is 19.2 Å². The maximum Gasteiger partial charge on any atom is 0.116 e. The average Bonchev–Trinajstić information content (AvgIpc) is 2.59. The number of aryl methyl sites for hydroxylation is 1. The highest BCUT2D eigenvalue weighted by molar-refractivity contribution is 7.98. The largest absolute Gasteiger partial charge is 0.468 e. The van der Waals surface area contributed by atoms with Crippen LogP contribution in [-0.2, 0) is 5.75 Å². The molecule has 0 aromatic carbocycles. The van der Waals surface area contributed by atoms with Crippen molar-refractivity contribution in [1.82, 2.24) is 5.32 Å². The van der Waals surface area contributed by atoms with Crippen molar-refractivity contribution in [2.75, 3.05) is 12.8 Å². The molecule has 80 valence electrons. The quantitative estimate of drug-likeness (QED) is 0.786. The van der Waals surface area contributed by atoms with Gasteiger partial charge in [-0.1, -0.05) is 6.92 Å². The van der Waals surface area contributed by atoms with Crippen molar-refractivity contribution in [2.45, 2.75) is 32.1 Å². The molecule has 1 aromatic rings. The zero-order chi connectivity index (χ0) is 10.4. The van der Waals surface area contributed by atoms with E-state index in [1.54, 1.807) is 6.26 Å². The van der Waals surface area contributed by atoms with Crippen LogP contribution in [-0.4, -0.2) is 18.8 Å². The van der Waals surface area contributed by atoms with Gasteiger partial charge in [0.05, 0.1) is 12.0 Å². The molecule has 0 aliphatic heterocycles. The van der Waals surface area contributed by atoms with Gasteiger partial charge < -0.3 is 9.73 Å². The molecule has 1 atom stereocenters. The van der Waals surface area contributed by atoms with Crippen LogP contribution in [0.25, 0.3) is 0 Å². The summed E-state index contributed by atoms with van der Waals surface area (Å²) in [6.45, 7) is 4.30. The van der Waals surface area contributed by atoms with Crippen molar-refractivity contribution in [3.8, 4) is 0 Å². The summed E-state index contributed by atoms with van der Waals surface area (Å²) in [7, 11) is 2.02. The number of rotatable bonds is 6. The lowest BCUT2D eigenvalue weighted by atomic mass is 10.3. The van der Waals surface area contributed by atoms with E-state index in [1.807, 2.05) is 24.9 Å². The van der Waals surface area contributed by atoms with Crippen molar-refractivity contribution in [3.63, 3.8) is 0 Å². The number of nitrogens with one attached hydrogen (secondary N) is 1. The smallest absolute Gasteiger partial charge is 0.116 e. The third-order valence-corrected chi connectivity index (χ3v) is 3.53. The fraction of sp³-hybridized carbons (Fsp3) is 0.636. The van der Waals surface area contributed by atoms with Gasteiger partial charge in [-0.05, 0) is 32.0 Å². The maximum absolute atomic E-state index is 5.37. The molecule has 1 N–H and O–H groups in total. The molecule has 1 rings (SSSR count). The third-order valence-electron chi connectivity index (χ3n) is 2.42. The first-order valence-corrected chi connectivity index (χ1v) is 6.21. The summed E-state index contributed by atoms with van der Waals surface area (Å²) in [6, 6.07) is 2.64. The number of hydrogen-bond donors (Lipinski definition) is 1. The predicted octanol–water partition coefficient (Wildman–Crippen LogP) is 2.82. The van der Waals surface area contributed by atoms with Crippen LogP contribution < -0.4 is 5.32 Å². The van der Waals surface area contributed by atoms with Gasteiger partial charge in [-0.15, -0.1) is 0 Å². The molecule has 3 heteroatoms. The summed E-state index contributed by atoms with van der Waals surface area (Å²) >= 11 is 1.93. The van der Waals surface area contributed by atoms with E-state index in [4.69, 9.17) is 4.42 Å². The van der Waals surface area contributed by atoms with Crippen molar-refractivity contribution < 1.29 is 4.42 Å². The van der Waals surface area contributed by atoms with Gasteiger partial charge in [-0.3, -0.25) is 0 Å². The van der Waals surface area contributed by atoms with Crippen LogP contribution in [0.1, 0.15) is 24.7 Å². The minimum Gasteiger partial charge on any atom is -0.468 e. The molecule has 0 amide bonds. The molecule has 0 aliphatic carbocycles. The summed E-state index contributed by atoms with van der Waals surface area (Å²) in [4.78, 5) is 0. The molecule has 14 heavy (non-hydrogen) atoms. The summed E-state index contributed by atoms with van der Waals surface area (Å²) in [5.74, 6) is 3.24. The maximum atomic E-state index is 5.37. The van der Waals surface area contributed by atoms with Gasteiger partial charge in [0.1, 0.15) is 5.76 Å². The van der Waals surface area contributed by atoms with E-state index in [1.165, 1.54) is 12.0 Å². The molecule has 0 saturated carbocycles. The van der Waals surface area contributed by atoms with E-state index in [-0.39, 0.29) is 0 Å². The van der Waals surface area contributed by atoms with Crippen LogP contribution in [0, 0.1) is 6.92 Å². The summed E-state index contributed by atoms with van der Waals surface area (Å²) in [5.41, 5.74) is 1.26. The van der Waals surface area contributed by atoms with E-state index in [0.717, 1.165) is 17.3 Å². The molecule has 0 saturated heterocycles. The summed E-state index contributed by atoms with van der Waals surface area (Å²) in [5, 5.41) is 3.29. The molecule has 0 radical (unpaired) electrons. The molecule has 1 unspecified atom stereocenters. The van der Waals surface area contributed by atoms with Gasteiger partial charge in [-0.25, -0.2) is 0 Å². The highest BCUT2D eigenvalue weighted by atomic mass is 32.2. The topological polar surface area (TPSA) is 25.2 Å². The molecule has 0 spiro atoms. The van der Waals surface area contributed by atoms with Crippen molar-refractivity contribution in [2.24, 2.45) is 0 Å². The average molecular weight is 213 g/mol. The SMILES string of the molecule is CCC(CSCc1occc1C)NC. The second kappa shape index (κ2) is 6.14. The van der Waals surface area contributed by atoms with Gasteiger partial charge in [0, 0.05) is 11.8 Å². The van der Waals surface area contributed by atoms with Gasteiger partial charge in [0.25, 0.3) is 0 Å². The van der Waals surface area contributed by atoms with E-state index < -0.39 is 0 Å². The Hall–Kier alpha value is -0.410. The monoisotopic (exact) mass is 213 g/mol. The number of thioether (sulfide) groups is 1. The Morgan fingerprint density at radius 2 is 2.36 bits per heavy atom. The third kappa shape index (κ3) is 3.39. The Bertz CT molecular complexity index is 256. The van der Waals surface area contributed by atoms with Gasteiger partial charge in [0.2, 0.25) is 0 Å². The van der Waals surface area contributed by atoms with Gasteiger partial charge in [-0.2, -0.15) is 11.8 Å². The van der Waals surface area contributed by atoms with Gasteiger partial charge >= 0.3 is 0 Å². The van der Waals surface area contributed by atoms with Crippen LogP contribution in [0.15, 0.2) is 16.7 Å². The van der Waals surface area contributed by atoms with Gasteiger partial charge in [0.15, 0.2) is 0 Å². The highest BCUT2D eigenvalue weighted by Crippen LogP contribution is 2.17. The second-order valence-electron chi connectivity index (χ2n) is 3.44. The number of furan rings is 1. The first-order valence-electron chi connectivity index (χ1n) is 5.06. The molecule has 2 nitrogen and oxygen atoms in total. The first-order chi connectivity index (χ1) is 6.77. The summed E-state index contributed by atoms with van der Waals surface area (Å²) < 4.78 is 5.37. The normalized spacial score (nSPS) is 13.1. The lowest BCUT2D eigenvalue weighted by Crippen LogP contribution is -2.26. The molecule has 1 aromatic heterocycles. The van der Waals surface area contributed by atoms with E-state index in [9.17, 15) is 0 Å². The fourth-order valence-electron chi connectivity index (χ4n) is 1.25. The predicted molar refractivity (Wildman–Crippen MR) is 62.7 cm³/mol. The Labute approximate surface area is 90.5 Å². The van der Waals surface area contributed by atoms with Crippen molar-refractivity contribution >= 4 is 11.8 Å². The highest BCUT2D eigenvalue weighted by Gasteiger charge is 2.05. The molecule has 1 heterocycles. The zero-order valence-corrected chi connectivity index (χ0v) is 9.99. The Morgan fingerprint density at radius 3 is 2.86 bits per heavy atom. The van der Waals surface area contributed by atoms with E-state index >= 15 is 0 Å². The Balaban J connectivity index is 2.24. The van der Waals surface area contributed by atoms with Crippen molar-refractivity contribution in [1.29, 1.82) is 0 Å². The lowest BCUT2D eigenvalue weighted by molar-refractivity contribution is 0.527. The van der Waals surface area contributed by atoms with Crippen LogP contribution >= 0.6 is 11.8 Å². The van der Waals surface area contributed by atoms with Crippen LogP contribution in [0.5, 0.6) is 0 Å². The minimum absolute atomic E-state index is 0.621. The number of hydrogen-bond acceptors (Lipinski definition) is 3. The second-order valence-corrected chi connectivity index (χ2v) is 4.47. The fourth-order valence-corrected chi connectivity index (χ4v) is 2.54. The lowest BCUT2D eigenvalue weighted by Gasteiger charge is -2.12. The van der Waals surface area contributed by atoms with Crippen LogP contribution in [0.4, 0.5) is 0 Å². The van der Waals surface area contributed by atoms with Crippen LogP contribution in [0.3, 0.4) is 0 Å². The molecular formula is C11H19NOS. The van der Waals surface area contributed by atoms with Crippen molar-refractivity contribution in [3.05, 3.63) is 23.7 Å². The zero-order valence-electron chi connectivity index (χ0n) is 9.17. The summed E-state index contributed by atoms with van der Waals surface area (Å²) in [6.07, 6.45) is 2.95. The van der Waals surface area contributed by atoms with E-state index in [0.29, 0.717) is 6.04 Å². The Kier molecular flexibility index (Phi) is 5.12. The molecular weight excluding hydrogens is 194 g/mol. The van der Waals surface area contributed by atoms with Crippen LogP contribution in [0.2, 0.25) is 0 Å². The molecule has 0 aliphatic rings. The molecule has 0 bridgehead atoms. The molecule has 0 fully saturated rings. The Morgan fingerprint density at radius 1 is 1.57 bits per heavy atom. The first kappa shape index (κ1) is 11.7.